The van der Waals surface area contributed by atoms with E-state index in [-0.39, 0.29) is 11.1 Å². The van der Waals surface area contributed by atoms with Crippen molar-refractivity contribution in [3.05, 3.63) is 113 Å². The van der Waals surface area contributed by atoms with E-state index in [0.29, 0.717) is 28.5 Å². The molecule has 6 nitrogen and oxygen atoms in total. The number of esters is 1. The van der Waals surface area contributed by atoms with Crippen molar-refractivity contribution >= 4 is 34.3 Å². The standard InChI is InChI=1S/C29H22N2O4S/c1-34-29(33)26-25(22-10-6-3-7-11-22)19-36-28(26)31-27(32)23(17-30)16-20-12-14-24(15-13-20)35-18-21-8-4-2-5-9-21/h2-16,19H,18H2,1H3,(H,31,32)/b23-16+. The van der Waals surface area contributed by atoms with Gasteiger partial charge in [-0.25, -0.2) is 4.79 Å². The Morgan fingerprint density at radius 1 is 0.972 bits per heavy atom. The molecule has 178 valence electrons. The maximum absolute atomic E-state index is 12.9. The van der Waals surface area contributed by atoms with E-state index in [1.807, 2.05) is 66.7 Å². The van der Waals surface area contributed by atoms with Crippen molar-refractivity contribution in [1.82, 2.24) is 0 Å². The number of rotatable bonds is 8. The molecule has 1 heterocycles. The van der Waals surface area contributed by atoms with Gasteiger partial charge in [0.1, 0.15) is 34.6 Å². The highest BCUT2D eigenvalue weighted by molar-refractivity contribution is 7.15. The number of hydrogen-bond acceptors (Lipinski definition) is 6. The van der Waals surface area contributed by atoms with Crippen LogP contribution in [0.5, 0.6) is 5.75 Å². The van der Waals surface area contributed by atoms with Crippen molar-refractivity contribution in [2.45, 2.75) is 6.61 Å². The Bertz CT molecular complexity index is 1420. The van der Waals surface area contributed by atoms with Crippen molar-refractivity contribution in [3.63, 3.8) is 0 Å². The number of hydrogen-bond donors (Lipinski definition) is 1. The van der Waals surface area contributed by atoms with Gasteiger partial charge in [0.05, 0.1) is 7.11 Å². The van der Waals surface area contributed by atoms with Crippen molar-refractivity contribution in [2.75, 3.05) is 12.4 Å². The Balaban J connectivity index is 1.50. The smallest absolute Gasteiger partial charge is 0.341 e. The van der Waals surface area contributed by atoms with E-state index in [2.05, 4.69) is 5.32 Å². The van der Waals surface area contributed by atoms with Gasteiger partial charge in [-0.15, -0.1) is 11.3 Å². The summed E-state index contributed by atoms with van der Waals surface area (Å²) in [6.07, 6.45) is 1.49. The Morgan fingerprint density at radius 3 is 2.28 bits per heavy atom. The van der Waals surface area contributed by atoms with E-state index in [1.165, 1.54) is 24.5 Å². The zero-order valence-electron chi connectivity index (χ0n) is 19.4. The van der Waals surface area contributed by atoms with Gasteiger partial charge < -0.3 is 14.8 Å². The fourth-order valence-electron chi connectivity index (χ4n) is 3.47. The first-order valence-corrected chi connectivity index (χ1v) is 11.9. The molecule has 1 N–H and O–H groups in total. The number of benzene rings is 3. The van der Waals surface area contributed by atoms with Gasteiger partial charge in [0.25, 0.3) is 5.91 Å². The van der Waals surface area contributed by atoms with Crippen molar-refractivity contribution < 1.29 is 19.1 Å². The third kappa shape index (κ3) is 5.87. The number of ether oxygens (including phenoxy) is 2. The van der Waals surface area contributed by atoms with E-state index in [4.69, 9.17) is 9.47 Å². The fraction of sp³-hybridized carbons (Fsp3) is 0.0690. The number of carbonyl (C=O) groups excluding carboxylic acids is 2. The molecule has 0 atom stereocenters. The van der Waals surface area contributed by atoms with Crippen LogP contribution in [0.1, 0.15) is 21.5 Å². The third-order valence-corrected chi connectivity index (χ3v) is 6.19. The van der Waals surface area contributed by atoms with Crippen LogP contribution < -0.4 is 10.1 Å². The van der Waals surface area contributed by atoms with Crippen LogP contribution in [-0.4, -0.2) is 19.0 Å². The molecule has 4 aromatic rings. The lowest BCUT2D eigenvalue weighted by atomic mass is 10.0. The molecule has 0 unspecified atom stereocenters. The molecule has 0 fully saturated rings. The van der Waals surface area contributed by atoms with E-state index in [1.54, 1.807) is 29.6 Å². The second-order valence-corrected chi connectivity index (χ2v) is 8.56. The number of amides is 1. The Morgan fingerprint density at radius 2 is 1.64 bits per heavy atom. The van der Waals surface area contributed by atoms with Gasteiger partial charge in [0.2, 0.25) is 0 Å². The minimum atomic E-state index is -0.617. The molecule has 0 aliphatic carbocycles. The average molecular weight is 495 g/mol. The first-order valence-electron chi connectivity index (χ1n) is 11.0. The molecular weight excluding hydrogens is 472 g/mol. The highest BCUT2D eigenvalue weighted by Gasteiger charge is 2.23. The quantitative estimate of drug-likeness (QED) is 0.176. The van der Waals surface area contributed by atoms with Crippen LogP contribution in [0.3, 0.4) is 0 Å². The van der Waals surface area contributed by atoms with E-state index in [9.17, 15) is 14.9 Å². The second kappa shape index (κ2) is 11.6. The Hall–Kier alpha value is -4.67. The largest absolute Gasteiger partial charge is 0.489 e. The molecule has 0 radical (unpaired) electrons. The zero-order valence-corrected chi connectivity index (χ0v) is 20.2. The summed E-state index contributed by atoms with van der Waals surface area (Å²) in [5.74, 6) is -0.513. The van der Waals surface area contributed by atoms with Gasteiger partial charge in [-0.3, -0.25) is 4.79 Å². The molecule has 1 amide bonds. The number of nitrogens with zero attached hydrogens (tertiary/aromatic N) is 1. The molecule has 36 heavy (non-hydrogen) atoms. The third-order valence-electron chi connectivity index (χ3n) is 5.30. The summed E-state index contributed by atoms with van der Waals surface area (Å²) in [5, 5.41) is 14.4. The lowest BCUT2D eigenvalue weighted by Gasteiger charge is -2.08. The minimum Gasteiger partial charge on any atom is -0.489 e. The molecule has 0 bridgehead atoms. The van der Waals surface area contributed by atoms with Gasteiger partial charge in [0, 0.05) is 10.9 Å². The Kier molecular flexibility index (Phi) is 7.91. The van der Waals surface area contributed by atoms with Crippen molar-refractivity contribution in [3.8, 4) is 22.9 Å². The summed E-state index contributed by atoms with van der Waals surface area (Å²) < 4.78 is 10.7. The van der Waals surface area contributed by atoms with Crippen molar-refractivity contribution in [2.24, 2.45) is 0 Å². The summed E-state index contributed by atoms with van der Waals surface area (Å²) in [4.78, 5) is 25.4. The topological polar surface area (TPSA) is 88.4 Å². The number of anilines is 1. The van der Waals surface area contributed by atoms with E-state index in [0.717, 1.165) is 11.1 Å². The summed E-state index contributed by atoms with van der Waals surface area (Å²) >= 11 is 1.20. The molecule has 4 rings (SSSR count). The number of nitrogens with one attached hydrogen (secondary N) is 1. The molecule has 0 saturated carbocycles. The number of thiophene rings is 1. The first-order chi connectivity index (χ1) is 17.6. The Labute approximate surface area is 213 Å². The maximum Gasteiger partial charge on any atom is 0.341 e. The van der Waals surface area contributed by atoms with Crippen molar-refractivity contribution in [1.29, 1.82) is 5.26 Å². The lowest BCUT2D eigenvalue weighted by molar-refractivity contribution is -0.112. The van der Waals surface area contributed by atoms with E-state index < -0.39 is 11.9 Å². The van der Waals surface area contributed by atoms with Crippen LogP contribution in [-0.2, 0) is 16.1 Å². The van der Waals surface area contributed by atoms with Gasteiger partial charge >= 0.3 is 5.97 Å². The fourth-order valence-corrected chi connectivity index (χ4v) is 4.42. The predicted molar refractivity (Wildman–Crippen MR) is 141 cm³/mol. The molecule has 1 aromatic heterocycles. The van der Waals surface area contributed by atoms with Crippen LogP contribution in [0.2, 0.25) is 0 Å². The molecular formula is C29H22N2O4S. The van der Waals surface area contributed by atoms with Crippen LogP contribution in [0.15, 0.2) is 95.9 Å². The molecule has 0 saturated heterocycles. The normalized spacial score (nSPS) is 10.8. The monoisotopic (exact) mass is 494 g/mol. The predicted octanol–water partition coefficient (Wildman–Crippen LogP) is 6.33. The summed E-state index contributed by atoms with van der Waals surface area (Å²) in [6.45, 7) is 0.441. The zero-order chi connectivity index (χ0) is 25.3. The molecule has 0 aliphatic rings. The average Bonchev–Trinajstić information content (AvgIpc) is 3.35. The van der Waals surface area contributed by atoms with Gasteiger partial charge in [-0.2, -0.15) is 5.26 Å². The van der Waals surface area contributed by atoms with Crippen LogP contribution in [0.25, 0.3) is 17.2 Å². The maximum atomic E-state index is 12.9. The number of carbonyl (C=O) groups is 2. The van der Waals surface area contributed by atoms with E-state index >= 15 is 0 Å². The first kappa shape index (κ1) is 24.5. The molecule has 3 aromatic carbocycles. The minimum absolute atomic E-state index is 0.0987. The molecule has 0 aliphatic heterocycles. The molecule has 7 heteroatoms. The molecule has 0 spiro atoms. The highest BCUT2D eigenvalue weighted by atomic mass is 32.1. The SMILES string of the molecule is COC(=O)c1c(-c2ccccc2)csc1NC(=O)/C(C#N)=C/c1ccc(OCc2ccccc2)cc1. The van der Waals surface area contributed by atoms with Crippen LogP contribution >= 0.6 is 11.3 Å². The van der Waals surface area contributed by atoms with Gasteiger partial charge in [-0.1, -0.05) is 72.8 Å². The summed E-state index contributed by atoms with van der Waals surface area (Å²) in [7, 11) is 1.29. The number of nitriles is 1. The second-order valence-electron chi connectivity index (χ2n) is 7.68. The van der Waals surface area contributed by atoms with Crippen LogP contribution in [0.4, 0.5) is 5.00 Å². The van der Waals surface area contributed by atoms with Crippen LogP contribution in [0, 0.1) is 11.3 Å². The highest BCUT2D eigenvalue weighted by Crippen LogP contribution is 2.36. The lowest BCUT2D eigenvalue weighted by Crippen LogP contribution is -2.15. The number of methoxy groups -OCH3 is 1. The summed E-state index contributed by atoms with van der Waals surface area (Å²) in [6, 6.07) is 28.2. The summed E-state index contributed by atoms with van der Waals surface area (Å²) in [5.41, 5.74) is 3.34. The van der Waals surface area contributed by atoms with Gasteiger partial charge in [0.15, 0.2) is 0 Å². The van der Waals surface area contributed by atoms with Gasteiger partial charge in [-0.05, 0) is 34.9 Å².